The molecular weight excluding hydrogens is 254 g/mol. The molecule has 0 aromatic heterocycles. The van der Waals surface area contributed by atoms with Crippen molar-refractivity contribution in [1.29, 1.82) is 0 Å². The standard InChI is InChI=1S/C13H21NO3.C2H6.CH4/c1-10(2)11(15)6-3-4-9-14-12(16)7-5-8-13(14)17;1-2;/h10H,3-9H2,1-2H3;1-2H3;1H4. The molecule has 4 heteroatoms. The largest absolute Gasteiger partial charge is 0.299 e. The highest BCUT2D eigenvalue weighted by Crippen LogP contribution is 2.13. The van der Waals surface area contributed by atoms with Crippen LogP contribution >= 0.6 is 0 Å². The number of nitrogens with zero attached hydrogens (tertiary/aromatic N) is 1. The van der Waals surface area contributed by atoms with Gasteiger partial charge >= 0.3 is 0 Å². The third-order valence-electron chi connectivity index (χ3n) is 3.08. The van der Waals surface area contributed by atoms with E-state index in [0.717, 1.165) is 12.8 Å². The molecule has 2 amide bonds. The van der Waals surface area contributed by atoms with Crippen molar-refractivity contribution in [2.45, 2.75) is 73.6 Å². The van der Waals surface area contributed by atoms with Gasteiger partial charge in [0.1, 0.15) is 5.78 Å². The first-order valence-electron chi connectivity index (χ1n) is 7.38. The van der Waals surface area contributed by atoms with E-state index in [1.807, 2.05) is 27.7 Å². The molecular formula is C16H31NO3. The summed E-state index contributed by atoms with van der Waals surface area (Å²) in [5, 5.41) is 0. The summed E-state index contributed by atoms with van der Waals surface area (Å²) >= 11 is 0. The van der Waals surface area contributed by atoms with Gasteiger partial charge in [-0.2, -0.15) is 0 Å². The lowest BCUT2D eigenvalue weighted by atomic mass is 10.0. The van der Waals surface area contributed by atoms with E-state index in [0.29, 0.717) is 32.2 Å². The first kappa shape index (κ1) is 21.1. The van der Waals surface area contributed by atoms with Crippen LogP contribution in [-0.4, -0.2) is 29.0 Å². The van der Waals surface area contributed by atoms with Crippen LogP contribution in [0.3, 0.4) is 0 Å². The van der Waals surface area contributed by atoms with E-state index in [2.05, 4.69) is 0 Å². The van der Waals surface area contributed by atoms with Gasteiger partial charge in [0.2, 0.25) is 11.8 Å². The van der Waals surface area contributed by atoms with E-state index in [1.165, 1.54) is 4.90 Å². The molecule has 0 radical (unpaired) electrons. The molecule has 0 aliphatic carbocycles. The van der Waals surface area contributed by atoms with Crippen molar-refractivity contribution < 1.29 is 14.4 Å². The summed E-state index contributed by atoms with van der Waals surface area (Å²) in [7, 11) is 0. The Labute approximate surface area is 123 Å². The van der Waals surface area contributed by atoms with Gasteiger partial charge in [-0.1, -0.05) is 35.1 Å². The number of Topliss-reactive ketones (excluding diaryl/α,β-unsaturated/α-hetero) is 1. The van der Waals surface area contributed by atoms with Gasteiger partial charge in [-0.3, -0.25) is 19.3 Å². The third-order valence-corrected chi connectivity index (χ3v) is 3.08. The maximum atomic E-state index is 11.5. The van der Waals surface area contributed by atoms with Gasteiger partial charge in [0.25, 0.3) is 0 Å². The molecule has 0 N–H and O–H groups in total. The Morgan fingerprint density at radius 2 is 1.60 bits per heavy atom. The zero-order valence-corrected chi connectivity index (χ0v) is 12.7. The Morgan fingerprint density at radius 3 is 2.05 bits per heavy atom. The van der Waals surface area contributed by atoms with Crippen LogP contribution in [0.2, 0.25) is 0 Å². The monoisotopic (exact) mass is 285 g/mol. The minimum Gasteiger partial charge on any atom is -0.299 e. The highest BCUT2D eigenvalue weighted by molar-refractivity contribution is 5.97. The average Bonchev–Trinajstić information content (AvgIpc) is 2.39. The molecule has 118 valence electrons. The summed E-state index contributed by atoms with van der Waals surface area (Å²) in [4.78, 5) is 35.7. The molecule has 1 fully saturated rings. The van der Waals surface area contributed by atoms with Crippen molar-refractivity contribution in [3.63, 3.8) is 0 Å². The summed E-state index contributed by atoms with van der Waals surface area (Å²) < 4.78 is 0. The van der Waals surface area contributed by atoms with E-state index in [9.17, 15) is 14.4 Å². The van der Waals surface area contributed by atoms with Crippen LogP contribution in [-0.2, 0) is 14.4 Å². The van der Waals surface area contributed by atoms with E-state index < -0.39 is 0 Å². The lowest BCUT2D eigenvalue weighted by Crippen LogP contribution is -2.40. The maximum Gasteiger partial charge on any atom is 0.229 e. The van der Waals surface area contributed by atoms with E-state index in [4.69, 9.17) is 0 Å². The first-order valence-corrected chi connectivity index (χ1v) is 7.38. The van der Waals surface area contributed by atoms with E-state index in [-0.39, 0.29) is 30.9 Å². The third kappa shape index (κ3) is 7.41. The predicted octanol–water partition coefficient (Wildman–Crippen LogP) is 3.58. The molecule has 0 saturated carbocycles. The molecule has 0 atom stereocenters. The molecule has 0 bridgehead atoms. The molecule has 1 heterocycles. The SMILES string of the molecule is C.CC.CC(C)C(=O)CCCCN1C(=O)CCCC1=O. The number of rotatable bonds is 6. The molecule has 1 aliphatic rings. The Kier molecular flexibility index (Phi) is 12.3. The number of hydrogen-bond donors (Lipinski definition) is 0. The highest BCUT2D eigenvalue weighted by atomic mass is 16.2. The van der Waals surface area contributed by atoms with Crippen molar-refractivity contribution in [3.8, 4) is 0 Å². The Hall–Kier alpha value is -1.19. The van der Waals surface area contributed by atoms with Crippen LogP contribution in [0.4, 0.5) is 0 Å². The Balaban J connectivity index is 0. The molecule has 0 spiro atoms. The van der Waals surface area contributed by atoms with Crippen LogP contribution < -0.4 is 0 Å². The number of imide groups is 1. The highest BCUT2D eigenvalue weighted by Gasteiger charge is 2.24. The maximum absolute atomic E-state index is 11.5. The molecule has 0 unspecified atom stereocenters. The molecule has 4 nitrogen and oxygen atoms in total. The van der Waals surface area contributed by atoms with Crippen LogP contribution in [0.5, 0.6) is 0 Å². The van der Waals surface area contributed by atoms with Crippen molar-refractivity contribution in [2.75, 3.05) is 6.54 Å². The number of hydrogen-bond acceptors (Lipinski definition) is 3. The zero-order chi connectivity index (χ0) is 14.8. The van der Waals surface area contributed by atoms with E-state index in [1.54, 1.807) is 0 Å². The van der Waals surface area contributed by atoms with Crippen molar-refractivity contribution in [1.82, 2.24) is 4.90 Å². The number of carbonyl (C=O) groups excluding carboxylic acids is 3. The second-order valence-corrected chi connectivity index (χ2v) is 4.87. The smallest absolute Gasteiger partial charge is 0.229 e. The normalized spacial score (nSPS) is 14.6. The molecule has 20 heavy (non-hydrogen) atoms. The van der Waals surface area contributed by atoms with Gasteiger partial charge < -0.3 is 0 Å². The number of amides is 2. The summed E-state index contributed by atoms with van der Waals surface area (Å²) in [6.45, 7) is 8.25. The number of likely N-dealkylation sites (tertiary alicyclic amines) is 1. The predicted molar refractivity (Wildman–Crippen MR) is 82.3 cm³/mol. The summed E-state index contributed by atoms with van der Waals surface area (Å²) in [5.41, 5.74) is 0. The lowest BCUT2D eigenvalue weighted by molar-refractivity contribution is -0.147. The second kappa shape index (κ2) is 11.6. The summed E-state index contributed by atoms with van der Waals surface area (Å²) in [6.07, 6.45) is 3.69. The number of piperidine rings is 1. The summed E-state index contributed by atoms with van der Waals surface area (Å²) in [5.74, 6) is 0.211. The van der Waals surface area contributed by atoms with Gasteiger partial charge in [0.15, 0.2) is 0 Å². The van der Waals surface area contributed by atoms with Crippen molar-refractivity contribution >= 4 is 17.6 Å². The zero-order valence-electron chi connectivity index (χ0n) is 12.7. The minimum atomic E-state index is -0.0589. The van der Waals surface area contributed by atoms with Gasteiger partial charge in [-0.05, 0) is 19.3 Å². The first-order chi connectivity index (χ1) is 9.02. The Morgan fingerprint density at radius 1 is 1.10 bits per heavy atom. The fourth-order valence-corrected chi connectivity index (χ4v) is 1.91. The quantitative estimate of drug-likeness (QED) is 0.553. The van der Waals surface area contributed by atoms with Gasteiger partial charge in [0.05, 0.1) is 0 Å². The molecule has 1 rings (SSSR count). The number of unbranched alkanes of at least 4 members (excludes halogenated alkanes) is 1. The van der Waals surface area contributed by atoms with Crippen LogP contribution in [0.25, 0.3) is 0 Å². The number of ketones is 1. The second-order valence-electron chi connectivity index (χ2n) is 4.87. The van der Waals surface area contributed by atoms with E-state index >= 15 is 0 Å². The molecule has 0 aromatic carbocycles. The van der Waals surface area contributed by atoms with Crippen LogP contribution in [0, 0.1) is 5.92 Å². The van der Waals surface area contributed by atoms with Gasteiger partial charge in [-0.25, -0.2) is 0 Å². The van der Waals surface area contributed by atoms with Crippen LogP contribution in [0.1, 0.15) is 73.6 Å². The molecule has 1 aliphatic heterocycles. The fraction of sp³-hybridized carbons (Fsp3) is 0.812. The summed E-state index contributed by atoms with van der Waals surface area (Å²) in [6, 6.07) is 0. The molecule has 0 aromatic rings. The Bertz CT molecular complexity index is 295. The van der Waals surface area contributed by atoms with Crippen molar-refractivity contribution in [2.24, 2.45) is 5.92 Å². The minimum absolute atomic E-state index is 0. The number of carbonyl (C=O) groups is 3. The fourth-order valence-electron chi connectivity index (χ4n) is 1.91. The van der Waals surface area contributed by atoms with Gasteiger partial charge in [0, 0.05) is 31.7 Å². The lowest BCUT2D eigenvalue weighted by Gasteiger charge is -2.24. The average molecular weight is 285 g/mol. The van der Waals surface area contributed by atoms with Gasteiger partial charge in [-0.15, -0.1) is 0 Å². The topological polar surface area (TPSA) is 54.5 Å². The van der Waals surface area contributed by atoms with Crippen LogP contribution in [0.15, 0.2) is 0 Å². The van der Waals surface area contributed by atoms with Crippen molar-refractivity contribution in [3.05, 3.63) is 0 Å². The molecule has 1 saturated heterocycles.